The van der Waals surface area contributed by atoms with Gasteiger partial charge in [-0.3, -0.25) is 5.10 Å². The molecule has 0 aliphatic carbocycles. The molecule has 1 aliphatic rings. The fraction of sp³-hybridized carbons (Fsp3) is 0.286. The predicted octanol–water partition coefficient (Wildman–Crippen LogP) is 5.01. The van der Waals surface area contributed by atoms with E-state index < -0.39 is 17.6 Å². The minimum Gasteiger partial charge on any atom is -0.465 e. The lowest BCUT2D eigenvalue weighted by atomic mass is 10.1. The number of H-pyrrole nitrogens is 1. The Kier molecular flexibility index (Phi) is 5.63. The first-order chi connectivity index (χ1) is 14.4. The van der Waals surface area contributed by atoms with Gasteiger partial charge in [-0.2, -0.15) is 18.3 Å². The molecule has 1 fully saturated rings. The van der Waals surface area contributed by atoms with E-state index in [4.69, 9.17) is 9.47 Å². The van der Waals surface area contributed by atoms with Gasteiger partial charge in [0, 0.05) is 24.6 Å². The number of alkyl halides is 3. The molecule has 9 heteroatoms. The van der Waals surface area contributed by atoms with Crippen molar-refractivity contribution in [3.8, 4) is 17.0 Å². The highest BCUT2D eigenvalue weighted by Crippen LogP contribution is 2.30. The van der Waals surface area contributed by atoms with E-state index in [2.05, 4.69) is 15.5 Å². The van der Waals surface area contributed by atoms with Crippen LogP contribution in [0, 0.1) is 5.82 Å². The van der Waals surface area contributed by atoms with Crippen LogP contribution in [-0.4, -0.2) is 29.6 Å². The summed E-state index contributed by atoms with van der Waals surface area (Å²) < 4.78 is 62.7. The summed E-state index contributed by atoms with van der Waals surface area (Å²) in [4.78, 5) is 0. The van der Waals surface area contributed by atoms with E-state index in [-0.39, 0.29) is 18.3 Å². The zero-order chi connectivity index (χ0) is 21.1. The molecule has 1 aromatic heterocycles. The SMILES string of the molecule is Fc1cc(C(F)(F)F)ccc1CCNc1cc(-c2cccc(OC3CCO3)c2)[nH]n1. The molecule has 2 N–H and O–H groups in total. The van der Waals surface area contributed by atoms with Crippen molar-refractivity contribution < 1.29 is 27.0 Å². The van der Waals surface area contributed by atoms with Gasteiger partial charge in [0.05, 0.1) is 17.9 Å². The summed E-state index contributed by atoms with van der Waals surface area (Å²) in [5.74, 6) is 0.367. The Morgan fingerprint density at radius 1 is 1.17 bits per heavy atom. The van der Waals surface area contributed by atoms with Crippen molar-refractivity contribution in [2.75, 3.05) is 18.5 Å². The second kappa shape index (κ2) is 8.35. The van der Waals surface area contributed by atoms with Crippen LogP contribution < -0.4 is 10.1 Å². The molecule has 1 saturated heterocycles. The summed E-state index contributed by atoms with van der Waals surface area (Å²) in [5.41, 5.74) is 0.845. The van der Waals surface area contributed by atoms with Crippen molar-refractivity contribution in [3.63, 3.8) is 0 Å². The Balaban J connectivity index is 1.34. The number of hydrogen-bond donors (Lipinski definition) is 2. The molecular weight excluding hydrogens is 402 g/mol. The highest BCUT2D eigenvalue weighted by molar-refractivity contribution is 5.64. The Bertz CT molecular complexity index is 1020. The Labute approximate surface area is 170 Å². The predicted molar refractivity (Wildman–Crippen MR) is 103 cm³/mol. The van der Waals surface area contributed by atoms with E-state index in [1.807, 2.05) is 24.3 Å². The zero-order valence-electron chi connectivity index (χ0n) is 15.8. The Hall–Kier alpha value is -3.07. The van der Waals surface area contributed by atoms with Gasteiger partial charge in [-0.05, 0) is 36.2 Å². The van der Waals surface area contributed by atoms with Gasteiger partial charge < -0.3 is 14.8 Å². The number of benzene rings is 2. The van der Waals surface area contributed by atoms with Gasteiger partial charge in [-0.15, -0.1) is 0 Å². The van der Waals surface area contributed by atoms with Crippen molar-refractivity contribution in [2.24, 2.45) is 0 Å². The maximum absolute atomic E-state index is 13.9. The van der Waals surface area contributed by atoms with Crippen molar-refractivity contribution in [1.29, 1.82) is 0 Å². The molecule has 1 aliphatic heterocycles. The lowest BCUT2D eigenvalue weighted by molar-refractivity contribution is -0.165. The molecule has 3 aromatic rings. The Morgan fingerprint density at radius 3 is 2.70 bits per heavy atom. The molecule has 0 radical (unpaired) electrons. The number of rotatable bonds is 7. The maximum atomic E-state index is 13.9. The summed E-state index contributed by atoms with van der Waals surface area (Å²) >= 11 is 0. The van der Waals surface area contributed by atoms with Gasteiger partial charge in [0.15, 0.2) is 0 Å². The van der Waals surface area contributed by atoms with Crippen molar-refractivity contribution in [3.05, 3.63) is 65.5 Å². The summed E-state index contributed by atoms with van der Waals surface area (Å²) in [5, 5.41) is 10.1. The van der Waals surface area contributed by atoms with Gasteiger partial charge in [-0.25, -0.2) is 4.39 Å². The average molecular weight is 421 g/mol. The largest absolute Gasteiger partial charge is 0.465 e. The molecule has 5 nitrogen and oxygen atoms in total. The molecule has 4 rings (SSSR count). The quantitative estimate of drug-likeness (QED) is 0.527. The van der Waals surface area contributed by atoms with Crippen molar-refractivity contribution in [1.82, 2.24) is 10.2 Å². The number of nitrogens with zero attached hydrogens (tertiary/aromatic N) is 1. The number of aromatic nitrogens is 2. The van der Waals surface area contributed by atoms with E-state index in [1.165, 1.54) is 0 Å². The first kappa shape index (κ1) is 20.2. The molecular formula is C21H19F4N3O2. The molecule has 158 valence electrons. The lowest BCUT2D eigenvalue weighted by Crippen LogP contribution is -2.32. The monoisotopic (exact) mass is 421 g/mol. The first-order valence-electron chi connectivity index (χ1n) is 9.42. The summed E-state index contributed by atoms with van der Waals surface area (Å²) in [6, 6.07) is 11.8. The third-order valence-electron chi connectivity index (χ3n) is 4.73. The van der Waals surface area contributed by atoms with Crippen LogP contribution in [0.15, 0.2) is 48.5 Å². The van der Waals surface area contributed by atoms with Gasteiger partial charge in [0.1, 0.15) is 17.4 Å². The van der Waals surface area contributed by atoms with Gasteiger partial charge in [0.2, 0.25) is 6.29 Å². The molecule has 2 aromatic carbocycles. The minimum absolute atomic E-state index is 0.203. The lowest BCUT2D eigenvalue weighted by Gasteiger charge is -2.26. The molecule has 1 unspecified atom stereocenters. The Morgan fingerprint density at radius 2 is 2.00 bits per heavy atom. The van der Waals surface area contributed by atoms with Crippen LogP contribution in [0.5, 0.6) is 5.75 Å². The summed E-state index contributed by atoms with van der Waals surface area (Å²) in [6.45, 7) is 1.02. The summed E-state index contributed by atoms with van der Waals surface area (Å²) in [6.07, 6.45) is -3.68. The van der Waals surface area contributed by atoms with Crippen molar-refractivity contribution >= 4 is 5.82 Å². The van der Waals surface area contributed by atoms with Crippen LogP contribution >= 0.6 is 0 Å². The van der Waals surface area contributed by atoms with Gasteiger partial charge >= 0.3 is 6.18 Å². The zero-order valence-corrected chi connectivity index (χ0v) is 15.8. The maximum Gasteiger partial charge on any atom is 0.416 e. The third-order valence-corrected chi connectivity index (χ3v) is 4.73. The normalized spacial score (nSPS) is 16.2. The molecule has 30 heavy (non-hydrogen) atoms. The standard InChI is InChI=1S/C21H19F4N3O2/c22-17-11-15(21(23,24)25)5-4-13(17)6-8-26-19-12-18(27-28-19)14-2-1-3-16(10-14)30-20-7-9-29-20/h1-5,10-12,20H,6-9H2,(H2,26,27,28). The topological polar surface area (TPSA) is 59.2 Å². The second-order valence-corrected chi connectivity index (χ2v) is 6.88. The molecule has 2 heterocycles. The van der Waals surface area contributed by atoms with Crippen LogP contribution in [0.2, 0.25) is 0 Å². The second-order valence-electron chi connectivity index (χ2n) is 6.88. The van der Waals surface area contributed by atoms with Gasteiger partial charge in [0.25, 0.3) is 0 Å². The number of hydrogen-bond acceptors (Lipinski definition) is 4. The van der Waals surface area contributed by atoms with E-state index in [0.717, 1.165) is 29.8 Å². The fourth-order valence-electron chi connectivity index (χ4n) is 3.01. The number of ether oxygens (including phenoxy) is 2. The third kappa shape index (κ3) is 4.73. The number of aromatic amines is 1. The molecule has 0 amide bonds. The average Bonchev–Trinajstić information content (AvgIpc) is 3.14. The van der Waals surface area contributed by atoms with Gasteiger partial charge in [-0.1, -0.05) is 18.2 Å². The van der Waals surface area contributed by atoms with Crippen LogP contribution in [0.25, 0.3) is 11.3 Å². The molecule has 1 atom stereocenters. The number of anilines is 1. The van der Waals surface area contributed by atoms with E-state index in [9.17, 15) is 17.6 Å². The van der Waals surface area contributed by atoms with Crippen LogP contribution in [0.1, 0.15) is 17.5 Å². The minimum atomic E-state index is -4.56. The first-order valence-corrected chi connectivity index (χ1v) is 9.42. The highest BCUT2D eigenvalue weighted by atomic mass is 19.4. The number of nitrogens with one attached hydrogen (secondary N) is 2. The molecule has 0 spiro atoms. The van der Waals surface area contributed by atoms with E-state index in [0.29, 0.717) is 30.8 Å². The molecule has 0 bridgehead atoms. The van der Waals surface area contributed by atoms with Crippen LogP contribution in [0.4, 0.5) is 23.4 Å². The van der Waals surface area contributed by atoms with Crippen LogP contribution in [0.3, 0.4) is 0 Å². The number of halogens is 4. The van der Waals surface area contributed by atoms with E-state index in [1.54, 1.807) is 6.07 Å². The fourth-order valence-corrected chi connectivity index (χ4v) is 3.01. The smallest absolute Gasteiger partial charge is 0.416 e. The van der Waals surface area contributed by atoms with E-state index >= 15 is 0 Å². The molecule has 0 saturated carbocycles. The van der Waals surface area contributed by atoms with Crippen LogP contribution in [-0.2, 0) is 17.3 Å². The highest BCUT2D eigenvalue weighted by Gasteiger charge is 2.31. The summed E-state index contributed by atoms with van der Waals surface area (Å²) in [7, 11) is 0. The van der Waals surface area contributed by atoms with Crippen molar-refractivity contribution in [2.45, 2.75) is 25.3 Å².